The van der Waals surface area contributed by atoms with Gasteiger partial charge in [-0.15, -0.1) is 0 Å². The van der Waals surface area contributed by atoms with Crippen molar-refractivity contribution in [1.82, 2.24) is 0 Å². The van der Waals surface area contributed by atoms with E-state index in [4.69, 9.17) is 0 Å². The monoisotopic (exact) mass is 568 g/mol. The van der Waals surface area contributed by atoms with E-state index in [0.717, 1.165) is 12.3 Å². The summed E-state index contributed by atoms with van der Waals surface area (Å²) in [5.41, 5.74) is 0. The van der Waals surface area contributed by atoms with E-state index in [1.54, 1.807) is 0 Å². The van der Waals surface area contributed by atoms with Crippen LogP contribution in [0.3, 0.4) is 0 Å². The zero-order valence-corrected chi connectivity index (χ0v) is 22.1. The van der Waals surface area contributed by atoms with Gasteiger partial charge in [-0.3, -0.25) is 0 Å². The van der Waals surface area contributed by atoms with Gasteiger partial charge < -0.3 is 0 Å². The summed E-state index contributed by atoms with van der Waals surface area (Å²) in [5.74, 6) is 0. The van der Waals surface area contributed by atoms with E-state index in [1.165, 1.54) is 21.2 Å². The minimum atomic E-state index is -0.491. The molecule has 0 amide bonds. The molecule has 156 valence electrons. The average Bonchev–Trinajstić information content (AvgIpc) is 2.83. The van der Waals surface area contributed by atoms with E-state index in [9.17, 15) is 0 Å². The van der Waals surface area contributed by atoms with Crippen LogP contribution in [-0.2, 0) is 0 Å². The molecule has 0 heterocycles. The molecular weight excluding hydrogens is 546 g/mol. The summed E-state index contributed by atoms with van der Waals surface area (Å²) in [6.07, 6.45) is 2.05. The highest BCUT2D eigenvalue weighted by atomic mass is 79.9. The summed E-state index contributed by atoms with van der Waals surface area (Å²) in [5, 5.41) is 5.65. The fourth-order valence-corrected chi connectivity index (χ4v) is 11.4. The first-order valence-corrected chi connectivity index (χ1v) is 14.9. The second kappa shape index (κ2) is 11.0. The van der Waals surface area contributed by atoms with Crippen LogP contribution in [0.4, 0.5) is 0 Å². The number of hydrogen-bond acceptors (Lipinski definition) is 0. The Morgan fingerprint density at radius 2 is 0.645 bits per heavy atom. The zero-order valence-electron chi connectivity index (χ0n) is 17.1. The van der Waals surface area contributed by atoms with Gasteiger partial charge in [0, 0.05) is 12.3 Å². The van der Waals surface area contributed by atoms with Crippen molar-refractivity contribution in [3.63, 3.8) is 0 Å². The SMILES string of the molecule is BrC(Br)(CP(c1ccccc1)c1ccccc1)CP(c1ccccc1)c1ccccc1. The van der Waals surface area contributed by atoms with Crippen LogP contribution in [0.15, 0.2) is 121 Å². The van der Waals surface area contributed by atoms with Gasteiger partial charge in [0.25, 0.3) is 0 Å². The molecule has 0 atom stereocenters. The topological polar surface area (TPSA) is 0 Å². The lowest BCUT2D eigenvalue weighted by Gasteiger charge is -2.31. The van der Waals surface area contributed by atoms with Crippen molar-refractivity contribution in [2.45, 2.75) is 3.23 Å². The standard InChI is InChI=1S/C27H24Br2P2/c28-27(29,21-30(23-13-5-1-6-14-23)24-15-7-2-8-16-24)22-31(25-17-9-3-10-18-25)26-19-11-4-12-20-26/h1-20H,21-22H2. The van der Waals surface area contributed by atoms with E-state index in [1.807, 2.05) is 0 Å². The first-order chi connectivity index (χ1) is 15.1. The van der Waals surface area contributed by atoms with Crippen LogP contribution in [0.5, 0.6) is 0 Å². The third-order valence-electron chi connectivity index (χ3n) is 5.05. The van der Waals surface area contributed by atoms with Gasteiger partial charge in [-0.2, -0.15) is 0 Å². The Morgan fingerprint density at radius 1 is 0.419 bits per heavy atom. The quantitative estimate of drug-likeness (QED) is 0.163. The summed E-state index contributed by atoms with van der Waals surface area (Å²) < 4.78 is -0.158. The summed E-state index contributed by atoms with van der Waals surface area (Å²) in [6.45, 7) is 0. The van der Waals surface area contributed by atoms with E-state index in [-0.39, 0.29) is 3.23 Å². The second-order valence-corrected chi connectivity index (χ2v) is 15.9. The molecule has 0 saturated heterocycles. The van der Waals surface area contributed by atoms with Gasteiger partial charge in [-0.05, 0) is 37.1 Å². The summed E-state index contributed by atoms with van der Waals surface area (Å²) in [4.78, 5) is 0. The van der Waals surface area contributed by atoms with Gasteiger partial charge in [0.15, 0.2) is 0 Å². The van der Waals surface area contributed by atoms with Crippen LogP contribution in [0.1, 0.15) is 0 Å². The molecule has 4 heteroatoms. The average molecular weight is 570 g/mol. The van der Waals surface area contributed by atoms with Crippen molar-refractivity contribution in [3.05, 3.63) is 121 Å². The summed E-state index contributed by atoms with van der Waals surface area (Å²) in [6, 6.07) is 43.8. The largest absolute Gasteiger partial charge is 0.0895 e. The molecule has 31 heavy (non-hydrogen) atoms. The molecule has 0 radical (unpaired) electrons. The fraction of sp³-hybridized carbons (Fsp3) is 0.111. The molecule has 4 rings (SSSR count). The molecule has 0 aromatic heterocycles. The van der Waals surface area contributed by atoms with Crippen LogP contribution in [-0.4, -0.2) is 15.6 Å². The predicted octanol–water partition coefficient (Wildman–Crippen LogP) is 6.74. The number of halogens is 2. The van der Waals surface area contributed by atoms with Gasteiger partial charge in [-0.1, -0.05) is 153 Å². The Kier molecular flexibility index (Phi) is 8.13. The van der Waals surface area contributed by atoms with Crippen molar-refractivity contribution in [1.29, 1.82) is 0 Å². The lowest BCUT2D eigenvalue weighted by molar-refractivity contribution is 1.10. The first kappa shape index (κ1) is 22.9. The minimum Gasteiger partial charge on any atom is -0.0719 e. The molecule has 0 aliphatic rings. The van der Waals surface area contributed by atoms with Gasteiger partial charge in [0.1, 0.15) is 0 Å². The molecule has 0 saturated carbocycles. The Morgan fingerprint density at radius 3 is 0.871 bits per heavy atom. The Labute approximate surface area is 204 Å². The molecule has 0 nitrogen and oxygen atoms in total. The van der Waals surface area contributed by atoms with Gasteiger partial charge in [0.2, 0.25) is 0 Å². The predicted molar refractivity (Wildman–Crippen MR) is 148 cm³/mol. The molecule has 0 fully saturated rings. The van der Waals surface area contributed by atoms with Crippen molar-refractivity contribution in [3.8, 4) is 0 Å². The molecule has 4 aromatic carbocycles. The summed E-state index contributed by atoms with van der Waals surface area (Å²) in [7, 11) is -0.981. The third kappa shape index (κ3) is 6.36. The second-order valence-electron chi connectivity index (χ2n) is 7.37. The van der Waals surface area contributed by atoms with Gasteiger partial charge >= 0.3 is 0 Å². The Balaban J connectivity index is 1.65. The maximum Gasteiger partial charge on any atom is 0.0895 e. The van der Waals surface area contributed by atoms with Crippen molar-refractivity contribution < 1.29 is 0 Å². The van der Waals surface area contributed by atoms with E-state index in [2.05, 4.69) is 153 Å². The van der Waals surface area contributed by atoms with Crippen LogP contribution in [0.2, 0.25) is 0 Å². The molecule has 0 N–H and O–H groups in total. The van der Waals surface area contributed by atoms with Crippen molar-refractivity contribution >= 4 is 68.9 Å². The number of benzene rings is 4. The Hall–Kier alpha value is -1.30. The van der Waals surface area contributed by atoms with Crippen LogP contribution in [0, 0.1) is 0 Å². The van der Waals surface area contributed by atoms with Gasteiger partial charge in [0.05, 0.1) is 3.23 Å². The lowest BCUT2D eigenvalue weighted by atomic mass is 10.4. The Bertz CT molecular complexity index is 889. The normalized spacial score (nSPS) is 11.7. The summed E-state index contributed by atoms with van der Waals surface area (Å²) >= 11 is 8.24. The molecule has 0 aliphatic heterocycles. The van der Waals surface area contributed by atoms with E-state index < -0.39 is 15.8 Å². The van der Waals surface area contributed by atoms with Crippen LogP contribution >= 0.6 is 47.7 Å². The maximum atomic E-state index is 4.12. The van der Waals surface area contributed by atoms with E-state index in [0.29, 0.717) is 0 Å². The lowest BCUT2D eigenvalue weighted by Crippen LogP contribution is -2.30. The minimum absolute atomic E-state index is 0.158. The number of rotatable bonds is 8. The maximum absolute atomic E-state index is 4.12. The molecular formula is C27H24Br2P2. The zero-order chi connectivity index (χ0) is 21.5. The highest BCUT2D eigenvalue weighted by Crippen LogP contribution is 2.49. The molecule has 0 aliphatic carbocycles. The fourth-order valence-electron chi connectivity index (χ4n) is 3.61. The van der Waals surface area contributed by atoms with Gasteiger partial charge in [-0.25, -0.2) is 0 Å². The van der Waals surface area contributed by atoms with Crippen LogP contribution in [0.25, 0.3) is 0 Å². The molecule has 4 aromatic rings. The first-order valence-electron chi connectivity index (χ1n) is 10.3. The highest BCUT2D eigenvalue weighted by Gasteiger charge is 2.33. The number of alkyl halides is 2. The van der Waals surface area contributed by atoms with Crippen molar-refractivity contribution in [2.75, 3.05) is 12.3 Å². The van der Waals surface area contributed by atoms with Crippen molar-refractivity contribution in [2.24, 2.45) is 0 Å². The smallest absolute Gasteiger partial charge is 0.0719 e. The molecule has 0 spiro atoms. The number of hydrogen-bond donors (Lipinski definition) is 0. The molecule has 0 unspecified atom stereocenters. The van der Waals surface area contributed by atoms with Crippen LogP contribution < -0.4 is 21.2 Å². The molecule has 0 bridgehead atoms. The third-order valence-corrected chi connectivity index (χ3v) is 13.3. The highest BCUT2D eigenvalue weighted by molar-refractivity contribution is 9.25. The van der Waals surface area contributed by atoms with E-state index >= 15 is 0 Å².